The molecule has 0 spiro atoms. The molecule has 1 aliphatic heterocycles. The molecule has 3 aromatic rings. The Morgan fingerprint density at radius 1 is 1.35 bits per heavy atom. The maximum absolute atomic E-state index is 13.2. The molecule has 4 nitrogen and oxygen atoms in total. The smallest absolute Gasteiger partial charge is 0.260 e. The molecule has 1 fully saturated rings. The summed E-state index contributed by atoms with van der Waals surface area (Å²) < 4.78 is 6.85. The zero-order valence-electron chi connectivity index (χ0n) is 14.4. The summed E-state index contributed by atoms with van der Waals surface area (Å²) in [7, 11) is 0. The van der Waals surface area contributed by atoms with Crippen molar-refractivity contribution in [3.63, 3.8) is 0 Å². The molecule has 1 atom stereocenters. The van der Waals surface area contributed by atoms with Crippen LogP contribution in [-0.4, -0.2) is 30.1 Å². The SMILES string of the molecule is Cc1cccc2sc(N(CC3CCCO3)C(=O)c3cccc(Cl)c3)nc12. The molecule has 1 unspecified atom stereocenters. The van der Waals surface area contributed by atoms with Gasteiger partial charge >= 0.3 is 0 Å². The first-order valence-corrected chi connectivity index (χ1v) is 9.86. The fraction of sp³-hybridized carbons (Fsp3) is 0.300. The fourth-order valence-corrected chi connectivity index (χ4v) is 4.45. The van der Waals surface area contributed by atoms with Crippen molar-refractivity contribution < 1.29 is 9.53 Å². The number of nitrogens with zero attached hydrogens (tertiary/aromatic N) is 2. The highest BCUT2D eigenvalue weighted by Gasteiger charge is 2.27. The number of rotatable bonds is 4. The quantitative estimate of drug-likeness (QED) is 0.627. The average Bonchev–Trinajstić information content (AvgIpc) is 3.29. The van der Waals surface area contributed by atoms with Crippen LogP contribution in [0.3, 0.4) is 0 Å². The lowest BCUT2D eigenvalue weighted by Gasteiger charge is -2.23. The number of carbonyl (C=O) groups excluding carboxylic acids is 1. The predicted octanol–water partition coefficient (Wildman–Crippen LogP) is 5.08. The second kappa shape index (κ2) is 7.35. The van der Waals surface area contributed by atoms with E-state index in [2.05, 4.69) is 0 Å². The monoisotopic (exact) mass is 386 g/mol. The van der Waals surface area contributed by atoms with Crippen molar-refractivity contribution in [1.82, 2.24) is 4.98 Å². The van der Waals surface area contributed by atoms with Gasteiger partial charge in [0, 0.05) is 17.2 Å². The summed E-state index contributed by atoms with van der Waals surface area (Å²) in [5.74, 6) is -0.0975. The van der Waals surface area contributed by atoms with E-state index in [0.29, 0.717) is 22.3 Å². The molecule has 2 heterocycles. The Bertz CT molecular complexity index is 950. The molecular weight excluding hydrogens is 368 g/mol. The largest absolute Gasteiger partial charge is 0.376 e. The van der Waals surface area contributed by atoms with Gasteiger partial charge in [-0.1, -0.05) is 41.1 Å². The number of benzene rings is 2. The van der Waals surface area contributed by atoms with Gasteiger partial charge in [0.15, 0.2) is 5.13 Å². The van der Waals surface area contributed by atoms with Crippen molar-refractivity contribution in [2.24, 2.45) is 0 Å². The molecule has 0 bridgehead atoms. The lowest BCUT2D eigenvalue weighted by molar-refractivity contribution is 0.0917. The van der Waals surface area contributed by atoms with Gasteiger partial charge < -0.3 is 4.74 Å². The minimum atomic E-state index is -0.0975. The molecule has 1 amide bonds. The Balaban J connectivity index is 1.73. The third-order valence-corrected chi connectivity index (χ3v) is 5.85. The van der Waals surface area contributed by atoms with Gasteiger partial charge in [-0.3, -0.25) is 9.69 Å². The summed E-state index contributed by atoms with van der Waals surface area (Å²) in [5, 5.41) is 1.25. The van der Waals surface area contributed by atoms with Crippen LogP contribution in [0.15, 0.2) is 42.5 Å². The molecule has 1 aromatic heterocycles. The van der Waals surface area contributed by atoms with E-state index < -0.39 is 0 Å². The summed E-state index contributed by atoms with van der Waals surface area (Å²) in [6, 6.07) is 13.1. The number of aryl methyl sites for hydroxylation is 1. The molecule has 1 saturated heterocycles. The van der Waals surface area contributed by atoms with E-state index in [-0.39, 0.29) is 12.0 Å². The topological polar surface area (TPSA) is 42.4 Å². The number of hydrogen-bond acceptors (Lipinski definition) is 4. The Hall–Kier alpha value is -1.95. The Labute approximate surface area is 161 Å². The van der Waals surface area contributed by atoms with Gasteiger partial charge in [0.2, 0.25) is 0 Å². The fourth-order valence-electron chi connectivity index (χ4n) is 3.21. The van der Waals surface area contributed by atoms with Gasteiger partial charge in [0.1, 0.15) is 0 Å². The zero-order valence-corrected chi connectivity index (χ0v) is 16.0. The molecule has 26 heavy (non-hydrogen) atoms. The number of carbonyl (C=O) groups is 1. The maximum Gasteiger partial charge on any atom is 0.260 e. The summed E-state index contributed by atoms with van der Waals surface area (Å²) in [6.45, 7) is 3.29. The van der Waals surface area contributed by atoms with Crippen molar-refractivity contribution in [2.45, 2.75) is 25.9 Å². The number of para-hydroxylation sites is 1. The van der Waals surface area contributed by atoms with Gasteiger partial charge in [0.05, 0.1) is 22.9 Å². The highest BCUT2D eigenvalue weighted by Crippen LogP contribution is 2.32. The predicted molar refractivity (Wildman–Crippen MR) is 106 cm³/mol. The molecule has 0 saturated carbocycles. The van der Waals surface area contributed by atoms with Gasteiger partial charge in [-0.2, -0.15) is 0 Å². The molecule has 0 radical (unpaired) electrons. The van der Waals surface area contributed by atoms with Gasteiger partial charge in [-0.05, 0) is 49.6 Å². The lowest BCUT2D eigenvalue weighted by Crippen LogP contribution is -2.37. The molecule has 1 aliphatic rings. The summed E-state index contributed by atoms with van der Waals surface area (Å²) in [6.07, 6.45) is 2.04. The van der Waals surface area contributed by atoms with Gasteiger partial charge in [-0.25, -0.2) is 4.98 Å². The molecule has 0 aliphatic carbocycles. The van der Waals surface area contributed by atoms with Crippen molar-refractivity contribution >= 4 is 44.2 Å². The van der Waals surface area contributed by atoms with Gasteiger partial charge in [0.25, 0.3) is 5.91 Å². The van der Waals surface area contributed by atoms with Crippen molar-refractivity contribution in [3.8, 4) is 0 Å². The van der Waals surface area contributed by atoms with Crippen LogP contribution < -0.4 is 4.90 Å². The number of ether oxygens (including phenoxy) is 1. The van der Waals surface area contributed by atoms with Crippen molar-refractivity contribution in [2.75, 3.05) is 18.1 Å². The third kappa shape index (κ3) is 3.47. The van der Waals surface area contributed by atoms with Crippen LogP contribution in [0.1, 0.15) is 28.8 Å². The zero-order chi connectivity index (χ0) is 18.1. The van der Waals surface area contributed by atoms with E-state index in [0.717, 1.165) is 35.2 Å². The number of hydrogen-bond donors (Lipinski definition) is 0. The molecule has 6 heteroatoms. The van der Waals surface area contributed by atoms with Crippen LogP contribution >= 0.6 is 22.9 Å². The normalized spacial score (nSPS) is 16.9. The standard InChI is InChI=1S/C20H19ClN2O2S/c1-13-5-2-9-17-18(13)22-20(26-17)23(12-16-8-4-10-25-16)19(24)14-6-3-7-15(21)11-14/h2-3,5-7,9,11,16H,4,8,10,12H2,1H3. The summed E-state index contributed by atoms with van der Waals surface area (Å²) in [4.78, 5) is 19.7. The number of aromatic nitrogens is 1. The van der Waals surface area contributed by atoms with E-state index in [1.54, 1.807) is 29.2 Å². The lowest BCUT2D eigenvalue weighted by atomic mass is 10.2. The van der Waals surface area contributed by atoms with E-state index in [9.17, 15) is 4.79 Å². The summed E-state index contributed by atoms with van der Waals surface area (Å²) >= 11 is 7.62. The number of amides is 1. The Morgan fingerprint density at radius 3 is 2.92 bits per heavy atom. The van der Waals surface area contributed by atoms with Crippen LogP contribution in [0.5, 0.6) is 0 Å². The van der Waals surface area contributed by atoms with Crippen LogP contribution in [0, 0.1) is 6.92 Å². The van der Waals surface area contributed by atoms with E-state index in [1.165, 1.54) is 11.3 Å². The van der Waals surface area contributed by atoms with Crippen molar-refractivity contribution in [1.29, 1.82) is 0 Å². The first-order valence-electron chi connectivity index (χ1n) is 8.67. The van der Waals surface area contributed by atoms with Crippen LogP contribution in [-0.2, 0) is 4.74 Å². The van der Waals surface area contributed by atoms with Gasteiger partial charge in [-0.15, -0.1) is 0 Å². The summed E-state index contributed by atoms with van der Waals surface area (Å²) in [5.41, 5.74) is 2.62. The highest BCUT2D eigenvalue weighted by atomic mass is 35.5. The minimum absolute atomic E-state index is 0.0474. The van der Waals surface area contributed by atoms with Crippen LogP contribution in [0.2, 0.25) is 5.02 Å². The average molecular weight is 387 g/mol. The minimum Gasteiger partial charge on any atom is -0.376 e. The number of halogens is 1. The second-order valence-electron chi connectivity index (χ2n) is 6.48. The van der Waals surface area contributed by atoms with E-state index >= 15 is 0 Å². The van der Waals surface area contributed by atoms with Crippen LogP contribution in [0.25, 0.3) is 10.2 Å². The Kier molecular flexibility index (Phi) is 4.94. The van der Waals surface area contributed by atoms with E-state index in [1.807, 2.05) is 25.1 Å². The maximum atomic E-state index is 13.2. The van der Waals surface area contributed by atoms with Crippen LogP contribution in [0.4, 0.5) is 5.13 Å². The highest BCUT2D eigenvalue weighted by molar-refractivity contribution is 7.22. The molecule has 134 valence electrons. The third-order valence-electron chi connectivity index (χ3n) is 4.57. The first-order chi connectivity index (χ1) is 12.6. The number of anilines is 1. The van der Waals surface area contributed by atoms with Crippen molar-refractivity contribution in [3.05, 3.63) is 58.6 Å². The molecule has 0 N–H and O–H groups in total. The number of thiazole rings is 1. The second-order valence-corrected chi connectivity index (χ2v) is 7.92. The molecular formula is C20H19ClN2O2S. The number of fused-ring (bicyclic) bond motifs is 1. The molecule has 4 rings (SSSR count). The van der Waals surface area contributed by atoms with E-state index in [4.69, 9.17) is 21.3 Å². The Morgan fingerprint density at radius 2 is 2.19 bits per heavy atom. The first kappa shape index (κ1) is 17.5. The molecule has 2 aromatic carbocycles.